The van der Waals surface area contributed by atoms with Crippen LogP contribution < -0.4 is 0 Å². The first-order chi connectivity index (χ1) is 5.79. The molecule has 2 rings (SSSR count). The number of thioether (sulfide) groups is 1. The molecule has 2 aliphatic heterocycles. The number of aldehydes is 1. The number of rotatable bonds is 2. The lowest BCUT2D eigenvalue weighted by atomic mass is 10.1. The first-order valence-electron chi connectivity index (χ1n) is 3.71. The van der Waals surface area contributed by atoms with Crippen LogP contribution in [0.3, 0.4) is 0 Å². The van der Waals surface area contributed by atoms with E-state index in [9.17, 15) is 9.59 Å². The first-order valence-corrected chi connectivity index (χ1v) is 4.76. The zero-order chi connectivity index (χ0) is 8.72. The van der Waals surface area contributed by atoms with Crippen molar-refractivity contribution in [3.63, 3.8) is 0 Å². The number of amides is 1. The molecule has 0 N–H and O–H groups in total. The minimum atomic E-state index is -0.319. The van der Waals surface area contributed by atoms with Gasteiger partial charge in [0.1, 0.15) is 11.7 Å². The molecule has 0 aliphatic carbocycles. The molecule has 0 bridgehead atoms. The monoisotopic (exact) mass is 187 g/mol. The third-order valence-electron chi connectivity index (χ3n) is 2.24. The van der Waals surface area contributed by atoms with Crippen molar-refractivity contribution < 1.29 is 14.3 Å². The van der Waals surface area contributed by atoms with E-state index < -0.39 is 0 Å². The van der Waals surface area contributed by atoms with Gasteiger partial charge in [0, 0.05) is 12.9 Å². The fraction of sp³-hybridized carbons (Fsp3) is 0.714. The predicted octanol–water partition coefficient (Wildman–Crippen LogP) is -0.516. The number of nitrogens with zero attached hydrogens (tertiary/aromatic N) is 1. The second kappa shape index (κ2) is 2.74. The van der Waals surface area contributed by atoms with Crippen molar-refractivity contribution >= 4 is 24.0 Å². The van der Waals surface area contributed by atoms with Crippen LogP contribution in [0.2, 0.25) is 0 Å². The Hall–Kier alpha value is -0.550. The van der Waals surface area contributed by atoms with Crippen LogP contribution in [-0.4, -0.2) is 47.5 Å². The summed E-state index contributed by atoms with van der Waals surface area (Å²) in [5, 5.41) is 0.0812. The van der Waals surface area contributed by atoms with E-state index in [0.717, 1.165) is 6.29 Å². The van der Waals surface area contributed by atoms with Crippen molar-refractivity contribution in [1.82, 2.24) is 4.90 Å². The Morgan fingerprint density at radius 1 is 1.75 bits per heavy atom. The smallest absolute Gasteiger partial charge is 0.256 e. The van der Waals surface area contributed by atoms with E-state index in [1.54, 1.807) is 16.7 Å². The molecule has 0 radical (unpaired) electrons. The molecule has 2 aliphatic rings. The quantitative estimate of drug-likeness (QED) is 0.431. The molecule has 0 saturated carbocycles. The average molecular weight is 187 g/mol. The summed E-state index contributed by atoms with van der Waals surface area (Å²) in [6.45, 7) is 0. The number of ether oxygens (including phenoxy) is 1. The van der Waals surface area contributed by atoms with Crippen LogP contribution in [0.15, 0.2) is 0 Å². The highest BCUT2D eigenvalue weighted by molar-refractivity contribution is 8.00. The Balaban J connectivity index is 2.11. The summed E-state index contributed by atoms with van der Waals surface area (Å²) in [6, 6.07) is -0.223. The average Bonchev–Trinajstić information content (AvgIpc) is 2.44. The van der Waals surface area contributed by atoms with Gasteiger partial charge in [0.2, 0.25) is 0 Å². The van der Waals surface area contributed by atoms with Gasteiger partial charge in [0.25, 0.3) is 5.91 Å². The van der Waals surface area contributed by atoms with Crippen LogP contribution in [0.1, 0.15) is 0 Å². The molecule has 2 fully saturated rings. The summed E-state index contributed by atoms with van der Waals surface area (Å²) < 4.78 is 4.98. The van der Waals surface area contributed by atoms with Crippen molar-refractivity contribution in [2.75, 3.05) is 12.9 Å². The van der Waals surface area contributed by atoms with Gasteiger partial charge in [-0.15, -0.1) is 11.8 Å². The molecule has 3 atom stereocenters. The highest BCUT2D eigenvalue weighted by Gasteiger charge is 2.55. The lowest BCUT2D eigenvalue weighted by Crippen LogP contribution is -2.64. The molecule has 66 valence electrons. The Morgan fingerprint density at radius 2 is 2.50 bits per heavy atom. The zero-order valence-electron chi connectivity index (χ0n) is 6.60. The van der Waals surface area contributed by atoms with E-state index in [1.165, 1.54) is 7.11 Å². The molecule has 0 aromatic rings. The number of carbonyl (C=O) groups is 2. The summed E-state index contributed by atoms with van der Waals surface area (Å²) in [5.41, 5.74) is 0. The fourth-order valence-corrected chi connectivity index (χ4v) is 3.03. The van der Waals surface area contributed by atoms with Gasteiger partial charge in [-0.2, -0.15) is 0 Å². The number of methoxy groups -OCH3 is 1. The maximum absolute atomic E-state index is 11.3. The van der Waals surface area contributed by atoms with Crippen molar-refractivity contribution in [2.24, 2.45) is 0 Å². The van der Waals surface area contributed by atoms with E-state index in [0.29, 0.717) is 5.75 Å². The van der Waals surface area contributed by atoms with E-state index in [4.69, 9.17) is 4.74 Å². The van der Waals surface area contributed by atoms with Crippen molar-refractivity contribution in [3.8, 4) is 0 Å². The summed E-state index contributed by atoms with van der Waals surface area (Å²) in [6.07, 6.45) is 0.511. The third kappa shape index (κ3) is 0.834. The van der Waals surface area contributed by atoms with E-state index in [2.05, 4.69) is 0 Å². The molecule has 5 heteroatoms. The maximum atomic E-state index is 11.3. The van der Waals surface area contributed by atoms with Crippen LogP contribution in [0.5, 0.6) is 0 Å². The molecule has 0 spiro atoms. The molecular weight excluding hydrogens is 178 g/mol. The molecule has 12 heavy (non-hydrogen) atoms. The number of carbonyl (C=O) groups excluding carboxylic acids is 2. The van der Waals surface area contributed by atoms with Crippen LogP contribution in [0, 0.1) is 0 Å². The van der Waals surface area contributed by atoms with Crippen molar-refractivity contribution in [3.05, 3.63) is 0 Å². The second-order valence-corrected chi connectivity index (χ2v) is 3.98. The van der Waals surface area contributed by atoms with Crippen LogP contribution in [0.25, 0.3) is 0 Å². The summed E-state index contributed by atoms with van der Waals surface area (Å²) in [7, 11) is 1.52. The van der Waals surface area contributed by atoms with E-state index in [-0.39, 0.29) is 23.4 Å². The van der Waals surface area contributed by atoms with Crippen molar-refractivity contribution in [1.29, 1.82) is 0 Å². The van der Waals surface area contributed by atoms with Gasteiger partial charge in [0.15, 0.2) is 6.10 Å². The standard InChI is InChI=1S/C7H9NO3S/c1-11-5-6(10)8-4(2-9)3-12-7(5)8/h2,4-5,7H,3H2,1H3. The normalized spacial score (nSPS) is 39.2. The Bertz CT molecular complexity index is 233. The summed E-state index contributed by atoms with van der Waals surface area (Å²) in [5.74, 6) is 0.657. The Kier molecular flexibility index (Phi) is 1.84. The van der Waals surface area contributed by atoms with Crippen LogP contribution in [0.4, 0.5) is 0 Å². The SMILES string of the molecule is COC1C(=O)N2C(C=O)CSC12. The molecule has 0 aromatic carbocycles. The van der Waals surface area contributed by atoms with E-state index >= 15 is 0 Å². The first kappa shape index (κ1) is 8.07. The minimum Gasteiger partial charge on any atom is -0.368 e. The molecule has 3 unspecified atom stereocenters. The summed E-state index contributed by atoms with van der Waals surface area (Å²) in [4.78, 5) is 23.4. The van der Waals surface area contributed by atoms with Gasteiger partial charge in [0.05, 0.1) is 6.04 Å². The number of β-lactam (4-membered cyclic amide) rings is 1. The molecule has 0 aromatic heterocycles. The molecule has 2 saturated heterocycles. The van der Waals surface area contributed by atoms with Gasteiger partial charge < -0.3 is 14.4 Å². The predicted molar refractivity (Wildman–Crippen MR) is 43.7 cm³/mol. The fourth-order valence-electron chi connectivity index (χ4n) is 1.58. The number of fused-ring (bicyclic) bond motifs is 1. The molecule has 2 heterocycles. The highest BCUT2D eigenvalue weighted by atomic mass is 32.2. The third-order valence-corrected chi connectivity index (χ3v) is 3.59. The lowest BCUT2D eigenvalue weighted by Gasteiger charge is -2.41. The lowest BCUT2D eigenvalue weighted by molar-refractivity contribution is -0.164. The molecule has 1 amide bonds. The van der Waals surface area contributed by atoms with Crippen LogP contribution >= 0.6 is 11.8 Å². The van der Waals surface area contributed by atoms with Gasteiger partial charge in [-0.3, -0.25) is 4.79 Å². The van der Waals surface area contributed by atoms with E-state index in [1.807, 2.05) is 0 Å². The Labute approximate surface area is 74.2 Å². The molecular formula is C7H9NO3S. The number of hydrogen-bond acceptors (Lipinski definition) is 4. The van der Waals surface area contributed by atoms with Gasteiger partial charge in [-0.05, 0) is 0 Å². The van der Waals surface area contributed by atoms with Gasteiger partial charge in [-0.1, -0.05) is 0 Å². The maximum Gasteiger partial charge on any atom is 0.256 e. The minimum absolute atomic E-state index is 0.0513. The Morgan fingerprint density at radius 3 is 3.08 bits per heavy atom. The topological polar surface area (TPSA) is 46.6 Å². The van der Waals surface area contributed by atoms with Crippen molar-refractivity contribution in [2.45, 2.75) is 17.5 Å². The van der Waals surface area contributed by atoms with Crippen LogP contribution in [-0.2, 0) is 14.3 Å². The van der Waals surface area contributed by atoms with Gasteiger partial charge >= 0.3 is 0 Å². The second-order valence-electron chi connectivity index (χ2n) is 2.83. The zero-order valence-corrected chi connectivity index (χ0v) is 7.41. The highest BCUT2D eigenvalue weighted by Crippen LogP contribution is 2.39. The summed E-state index contributed by atoms with van der Waals surface area (Å²) >= 11 is 1.61. The number of hydrogen-bond donors (Lipinski definition) is 0. The van der Waals surface area contributed by atoms with Gasteiger partial charge in [-0.25, -0.2) is 0 Å². The molecule has 4 nitrogen and oxygen atoms in total. The largest absolute Gasteiger partial charge is 0.368 e.